The lowest BCUT2D eigenvalue weighted by Gasteiger charge is -2.14. The average Bonchev–Trinajstić information content (AvgIpc) is 2.98. The summed E-state index contributed by atoms with van der Waals surface area (Å²) in [5.74, 6) is -3.87. The molecule has 2 aromatic carbocycles. The molecule has 1 aliphatic rings. The number of para-hydroxylation sites is 3. The fourth-order valence-corrected chi connectivity index (χ4v) is 2.64. The summed E-state index contributed by atoms with van der Waals surface area (Å²) in [7, 11) is 0. The lowest BCUT2D eigenvalue weighted by atomic mass is 10.0. The van der Waals surface area contributed by atoms with Gasteiger partial charge in [0.1, 0.15) is 11.6 Å². The number of amidine groups is 1. The van der Waals surface area contributed by atoms with E-state index in [1.165, 1.54) is 0 Å². The first-order chi connectivity index (χ1) is 13.0. The van der Waals surface area contributed by atoms with Crippen molar-refractivity contribution in [3.63, 3.8) is 0 Å². The van der Waals surface area contributed by atoms with Gasteiger partial charge in [0.05, 0.1) is 18.0 Å². The number of nitrogens with two attached hydrogens (primary N) is 1. The quantitative estimate of drug-likeness (QED) is 0.594. The Bertz CT molecular complexity index is 911. The van der Waals surface area contributed by atoms with E-state index in [9.17, 15) is 14.4 Å². The normalized spacial score (nSPS) is 16.0. The third kappa shape index (κ3) is 3.64. The van der Waals surface area contributed by atoms with Crippen LogP contribution in [-0.2, 0) is 14.4 Å². The fourth-order valence-electron chi connectivity index (χ4n) is 2.64. The Kier molecular flexibility index (Phi) is 5.16. The van der Waals surface area contributed by atoms with Crippen molar-refractivity contribution in [2.45, 2.75) is 6.92 Å². The first-order valence-corrected chi connectivity index (χ1v) is 8.33. The molecule has 3 rings (SSSR count). The van der Waals surface area contributed by atoms with E-state index in [-0.39, 0.29) is 5.84 Å². The van der Waals surface area contributed by atoms with Gasteiger partial charge >= 0.3 is 0 Å². The minimum atomic E-state index is -1.45. The maximum atomic E-state index is 12.6. The standard InChI is InChI=1S/C19H18N4O4/c1-2-27-14-11-7-6-10-13(14)21-18(25)16(24)15-17(20)22-23(19(15)26)12-8-4-3-5-9-12/h3-11,15H,2H2,1H3,(H2,20,22)(H,21,25)/t15-/m1/s1. The second-order valence-electron chi connectivity index (χ2n) is 5.69. The number of hydrogen-bond donors (Lipinski definition) is 2. The average molecular weight is 366 g/mol. The number of ether oxygens (including phenoxy) is 1. The molecule has 1 heterocycles. The van der Waals surface area contributed by atoms with Gasteiger partial charge in [0, 0.05) is 0 Å². The van der Waals surface area contributed by atoms with Crippen LogP contribution < -0.4 is 20.8 Å². The van der Waals surface area contributed by atoms with Gasteiger partial charge in [-0.05, 0) is 31.2 Å². The first kappa shape index (κ1) is 18.1. The van der Waals surface area contributed by atoms with Crippen molar-refractivity contribution < 1.29 is 19.1 Å². The molecule has 0 fully saturated rings. The largest absolute Gasteiger partial charge is 0.492 e. The molecule has 138 valence electrons. The molecule has 2 aromatic rings. The van der Waals surface area contributed by atoms with Crippen molar-refractivity contribution in [3.8, 4) is 5.75 Å². The van der Waals surface area contributed by atoms with Crippen LogP contribution >= 0.6 is 0 Å². The number of nitrogens with one attached hydrogen (secondary N) is 1. The maximum Gasteiger partial charge on any atom is 0.293 e. The van der Waals surface area contributed by atoms with Crippen LogP contribution in [0.4, 0.5) is 11.4 Å². The Balaban J connectivity index is 1.77. The Morgan fingerprint density at radius 1 is 1.15 bits per heavy atom. The number of Topliss-reactive ketones (excluding diaryl/α,β-unsaturated/α-hetero) is 1. The van der Waals surface area contributed by atoms with Crippen LogP contribution in [-0.4, -0.2) is 30.0 Å². The van der Waals surface area contributed by atoms with Crippen molar-refractivity contribution >= 4 is 34.8 Å². The van der Waals surface area contributed by atoms with Crippen LogP contribution in [0.5, 0.6) is 5.75 Å². The number of anilines is 2. The van der Waals surface area contributed by atoms with Gasteiger partial charge in [-0.25, -0.2) is 0 Å². The van der Waals surface area contributed by atoms with Gasteiger partial charge in [-0.3, -0.25) is 14.4 Å². The molecule has 0 saturated carbocycles. The van der Waals surface area contributed by atoms with Gasteiger partial charge in [0.25, 0.3) is 11.8 Å². The van der Waals surface area contributed by atoms with Crippen LogP contribution in [0.2, 0.25) is 0 Å². The number of amides is 2. The van der Waals surface area contributed by atoms with Gasteiger partial charge < -0.3 is 15.8 Å². The van der Waals surface area contributed by atoms with Crippen molar-refractivity contribution in [2.75, 3.05) is 16.9 Å². The Morgan fingerprint density at radius 2 is 1.81 bits per heavy atom. The zero-order chi connectivity index (χ0) is 19.4. The van der Waals surface area contributed by atoms with Crippen LogP contribution in [0.25, 0.3) is 0 Å². The Labute approximate surface area is 155 Å². The monoisotopic (exact) mass is 366 g/mol. The number of nitrogens with zero attached hydrogens (tertiary/aromatic N) is 2. The molecule has 0 spiro atoms. The topological polar surface area (TPSA) is 114 Å². The number of ketones is 1. The van der Waals surface area contributed by atoms with E-state index < -0.39 is 23.5 Å². The number of carbonyl (C=O) groups excluding carboxylic acids is 3. The lowest BCUT2D eigenvalue weighted by Crippen LogP contribution is -2.41. The second-order valence-corrected chi connectivity index (χ2v) is 5.69. The number of carbonyl (C=O) groups is 3. The zero-order valence-corrected chi connectivity index (χ0v) is 14.6. The maximum absolute atomic E-state index is 12.6. The van der Waals surface area contributed by atoms with Crippen molar-refractivity contribution in [3.05, 3.63) is 54.6 Å². The molecule has 0 saturated heterocycles. The molecule has 8 heteroatoms. The SMILES string of the molecule is CCOc1ccccc1NC(=O)C(=O)[C@H]1C(=O)N(c2ccccc2)N=C1N. The summed E-state index contributed by atoms with van der Waals surface area (Å²) in [6.07, 6.45) is 0. The van der Waals surface area contributed by atoms with E-state index in [0.29, 0.717) is 23.7 Å². The molecule has 0 aliphatic carbocycles. The minimum absolute atomic E-state index is 0.220. The molecule has 0 unspecified atom stereocenters. The van der Waals surface area contributed by atoms with Crippen LogP contribution in [0.1, 0.15) is 6.92 Å². The van der Waals surface area contributed by atoms with E-state index in [2.05, 4.69) is 10.4 Å². The molecule has 8 nitrogen and oxygen atoms in total. The number of benzene rings is 2. The van der Waals surface area contributed by atoms with E-state index in [4.69, 9.17) is 10.5 Å². The first-order valence-electron chi connectivity index (χ1n) is 8.33. The van der Waals surface area contributed by atoms with Gasteiger partial charge in [0.2, 0.25) is 5.78 Å². The van der Waals surface area contributed by atoms with Gasteiger partial charge in [0.15, 0.2) is 5.92 Å². The summed E-state index contributed by atoms with van der Waals surface area (Å²) in [5.41, 5.74) is 6.56. The predicted molar refractivity (Wildman–Crippen MR) is 100 cm³/mol. The van der Waals surface area contributed by atoms with E-state index in [1.807, 2.05) is 0 Å². The highest BCUT2D eigenvalue weighted by Crippen LogP contribution is 2.26. The molecular weight excluding hydrogens is 348 g/mol. The van der Waals surface area contributed by atoms with Crippen molar-refractivity contribution in [1.29, 1.82) is 0 Å². The number of hydrazone groups is 1. The van der Waals surface area contributed by atoms with E-state index >= 15 is 0 Å². The summed E-state index contributed by atoms with van der Waals surface area (Å²) in [4.78, 5) is 37.5. The summed E-state index contributed by atoms with van der Waals surface area (Å²) in [6, 6.07) is 15.2. The highest BCUT2D eigenvalue weighted by atomic mass is 16.5. The third-order valence-electron chi connectivity index (χ3n) is 3.89. The Morgan fingerprint density at radius 3 is 2.52 bits per heavy atom. The van der Waals surface area contributed by atoms with Gasteiger partial charge in [-0.15, -0.1) is 0 Å². The number of hydrogen-bond acceptors (Lipinski definition) is 6. The summed E-state index contributed by atoms with van der Waals surface area (Å²) in [6.45, 7) is 2.20. The summed E-state index contributed by atoms with van der Waals surface area (Å²) in [5, 5.41) is 7.43. The predicted octanol–water partition coefficient (Wildman–Crippen LogP) is 1.53. The zero-order valence-electron chi connectivity index (χ0n) is 14.6. The molecule has 0 bridgehead atoms. The third-order valence-corrected chi connectivity index (χ3v) is 3.89. The fraction of sp³-hybridized carbons (Fsp3) is 0.158. The van der Waals surface area contributed by atoms with Crippen LogP contribution in [0.3, 0.4) is 0 Å². The smallest absolute Gasteiger partial charge is 0.293 e. The highest BCUT2D eigenvalue weighted by Gasteiger charge is 2.43. The minimum Gasteiger partial charge on any atom is -0.492 e. The van der Waals surface area contributed by atoms with Gasteiger partial charge in [-0.2, -0.15) is 10.1 Å². The highest BCUT2D eigenvalue weighted by molar-refractivity contribution is 6.50. The molecule has 0 radical (unpaired) electrons. The molecule has 0 aromatic heterocycles. The lowest BCUT2D eigenvalue weighted by molar-refractivity contribution is -0.138. The van der Waals surface area contributed by atoms with E-state index in [1.54, 1.807) is 61.5 Å². The van der Waals surface area contributed by atoms with Crippen molar-refractivity contribution in [2.24, 2.45) is 16.8 Å². The number of rotatable bonds is 6. The van der Waals surface area contributed by atoms with Crippen LogP contribution in [0, 0.1) is 5.92 Å². The molecular formula is C19H18N4O4. The summed E-state index contributed by atoms with van der Waals surface area (Å²) < 4.78 is 5.41. The van der Waals surface area contributed by atoms with Crippen molar-refractivity contribution in [1.82, 2.24) is 0 Å². The molecule has 27 heavy (non-hydrogen) atoms. The molecule has 1 atom stereocenters. The second kappa shape index (κ2) is 7.69. The Hall–Kier alpha value is -3.68. The van der Waals surface area contributed by atoms with Gasteiger partial charge in [-0.1, -0.05) is 30.3 Å². The summed E-state index contributed by atoms with van der Waals surface area (Å²) >= 11 is 0. The molecule has 3 N–H and O–H groups in total. The molecule has 2 amide bonds. The van der Waals surface area contributed by atoms with Crippen LogP contribution in [0.15, 0.2) is 59.7 Å². The van der Waals surface area contributed by atoms with E-state index in [0.717, 1.165) is 5.01 Å². The molecule has 1 aliphatic heterocycles.